The third kappa shape index (κ3) is 7.66. The first kappa shape index (κ1) is 18.2. The zero-order valence-electron chi connectivity index (χ0n) is 13.2. The van der Waals surface area contributed by atoms with Crippen LogP contribution in [0.15, 0.2) is 4.34 Å². The number of thioether (sulfide) groups is 1. The monoisotopic (exact) mass is 331 g/mol. The van der Waals surface area contributed by atoms with E-state index in [1.807, 2.05) is 0 Å². The van der Waals surface area contributed by atoms with Gasteiger partial charge < -0.3 is 10.0 Å². The Labute approximate surface area is 135 Å². The maximum atomic E-state index is 10.6. The molecule has 1 heterocycles. The number of carboxylic acid groups (broad SMARTS) is 1. The highest BCUT2D eigenvalue weighted by Gasteiger charge is 2.14. The van der Waals surface area contributed by atoms with Gasteiger partial charge in [0.25, 0.3) is 0 Å². The maximum absolute atomic E-state index is 10.6. The first-order valence-electron chi connectivity index (χ1n) is 7.31. The predicted octanol–water partition coefficient (Wildman–Crippen LogP) is 3.61. The van der Waals surface area contributed by atoms with Gasteiger partial charge in [0.05, 0.1) is 5.75 Å². The Balaban J connectivity index is 2.65. The Bertz CT molecular complexity index is 424. The number of hydrogen-bond donors (Lipinski definition) is 1. The molecule has 0 saturated carbocycles. The minimum Gasteiger partial charge on any atom is -0.481 e. The van der Waals surface area contributed by atoms with Crippen molar-refractivity contribution in [3.63, 3.8) is 0 Å². The van der Waals surface area contributed by atoms with E-state index < -0.39 is 5.97 Å². The number of carbonyl (C=O) groups is 1. The van der Waals surface area contributed by atoms with Crippen molar-refractivity contribution in [2.75, 3.05) is 23.7 Å². The lowest BCUT2D eigenvalue weighted by molar-refractivity contribution is -0.133. The van der Waals surface area contributed by atoms with Gasteiger partial charge in [-0.2, -0.15) is 0 Å². The molecule has 0 bridgehead atoms. The van der Waals surface area contributed by atoms with Crippen LogP contribution in [0.4, 0.5) is 5.13 Å². The van der Waals surface area contributed by atoms with Crippen LogP contribution in [0, 0.1) is 11.8 Å². The Morgan fingerprint density at radius 3 is 2.24 bits per heavy atom. The molecule has 0 amide bonds. The van der Waals surface area contributed by atoms with Gasteiger partial charge in [-0.3, -0.25) is 4.79 Å². The van der Waals surface area contributed by atoms with Crippen LogP contribution in [-0.4, -0.2) is 40.1 Å². The molecule has 1 rings (SSSR count). The van der Waals surface area contributed by atoms with Gasteiger partial charge in [-0.15, -0.1) is 10.2 Å². The fourth-order valence-corrected chi connectivity index (χ4v) is 3.26. The van der Waals surface area contributed by atoms with Crippen molar-refractivity contribution >= 4 is 34.2 Å². The van der Waals surface area contributed by atoms with Gasteiger partial charge in [0, 0.05) is 13.1 Å². The summed E-state index contributed by atoms with van der Waals surface area (Å²) < 4.78 is 0.728. The Morgan fingerprint density at radius 1 is 1.19 bits per heavy atom. The van der Waals surface area contributed by atoms with E-state index >= 15 is 0 Å². The van der Waals surface area contributed by atoms with Crippen LogP contribution in [0.25, 0.3) is 0 Å². The molecule has 1 aromatic heterocycles. The maximum Gasteiger partial charge on any atom is 0.313 e. The van der Waals surface area contributed by atoms with Crippen molar-refractivity contribution < 1.29 is 9.90 Å². The third-order valence-electron chi connectivity index (χ3n) is 2.94. The highest BCUT2D eigenvalue weighted by Crippen LogP contribution is 2.28. The molecule has 0 aliphatic carbocycles. The van der Waals surface area contributed by atoms with Gasteiger partial charge in [-0.1, -0.05) is 50.8 Å². The second-order valence-electron chi connectivity index (χ2n) is 5.89. The molecule has 0 aliphatic heterocycles. The van der Waals surface area contributed by atoms with E-state index in [4.69, 9.17) is 5.11 Å². The lowest BCUT2D eigenvalue weighted by Crippen LogP contribution is -2.27. The summed E-state index contributed by atoms with van der Waals surface area (Å²) in [5.41, 5.74) is 0. The molecule has 0 radical (unpaired) electrons. The van der Waals surface area contributed by atoms with Crippen LogP contribution in [0.5, 0.6) is 0 Å². The van der Waals surface area contributed by atoms with E-state index in [0.29, 0.717) is 11.8 Å². The van der Waals surface area contributed by atoms with Gasteiger partial charge in [-0.05, 0) is 24.7 Å². The Morgan fingerprint density at radius 2 is 1.76 bits per heavy atom. The van der Waals surface area contributed by atoms with Crippen molar-refractivity contribution in [1.82, 2.24) is 10.2 Å². The molecule has 0 aliphatic rings. The van der Waals surface area contributed by atoms with Crippen LogP contribution < -0.4 is 4.90 Å². The fourth-order valence-electron chi connectivity index (χ4n) is 1.64. The second kappa shape index (κ2) is 9.25. The summed E-state index contributed by atoms with van der Waals surface area (Å²) in [7, 11) is 0. The molecule has 1 aromatic rings. The summed E-state index contributed by atoms with van der Waals surface area (Å²) in [5, 5.41) is 17.9. The van der Waals surface area contributed by atoms with Crippen molar-refractivity contribution in [3.05, 3.63) is 0 Å². The first-order chi connectivity index (χ1) is 9.88. The highest BCUT2D eigenvalue weighted by atomic mass is 32.2. The summed E-state index contributed by atoms with van der Waals surface area (Å²) in [6.07, 6.45) is 2.24. The quantitative estimate of drug-likeness (QED) is 0.661. The zero-order chi connectivity index (χ0) is 15.8. The number of rotatable bonds is 10. The molecule has 0 aromatic carbocycles. The molecular formula is C14H25N3O2S2. The van der Waals surface area contributed by atoms with Crippen molar-refractivity contribution in [2.24, 2.45) is 11.8 Å². The van der Waals surface area contributed by atoms with E-state index in [-0.39, 0.29) is 5.75 Å². The summed E-state index contributed by atoms with van der Waals surface area (Å²) in [6.45, 7) is 10.8. The van der Waals surface area contributed by atoms with Gasteiger partial charge >= 0.3 is 5.97 Å². The molecule has 0 unspecified atom stereocenters. The SMILES string of the molecule is CC(C)CCN(CCC(C)C)c1nnc(SCC(=O)O)s1. The largest absolute Gasteiger partial charge is 0.481 e. The van der Waals surface area contributed by atoms with Crippen LogP contribution in [0.3, 0.4) is 0 Å². The fraction of sp³-hybridized carbons (Fsp3) is 0.786. The molecule has 0 spiro atoms. The topological polar surface area (TPSA) is 66.3 Å². The smallest absolute Gasteiger partial charge is 0.313 e. The van der Waals surface area contributed by atoms with Crippen LogP contribution in [-0.2, 0) is 4.79 Å². The second-order valence-corrected chi connectivity index (χ2v) is 8.06. The molecule has 0 atom stereocenters. The number of anilines is 1. The molecule has 120 valence electrons. The summed E-state index contributed by atoms with van der Waals surface area (Å²) >= 11 is 2.72. The number of hydrogen-bond acceptors (Lipinski definition) is 6. The average molecular weight is 332 g/mol. The van der Waals surface area contributed by atoms with Crippen LogP contribution >= 0.6 is 23.1 Å². The lowest BCUT2D eigenvalue weighted by Gasteiger charge is -2.23. The molecule has 0 saturated heterocycles. The lowest BCUT2D eigenvalue weighted by atomic mass is 10.1. The van der Waals surface area contributed by atoms with E-state index in [1.165, 1.54) is 23.1 Å². The van der Waals surface area contributed by atoms with Crippen LogP contribution in [0.1, 0.15) is 40.5 Å². The minimum atomic E-state index is -0.826. The molecule has 5 nitrogen and oxygen atoms in total. The average Bonchev–Trinajstić information content (AvgIpc) is 2.84. The standard InChI is InChI=1S/C14H25N3O2S2/c1-10(2)5-7-17(8-6-11(3)4)13-15-16-14(21-13)20-9-12(18)19/h10-11H,5-9H2,1-4H3,(H,18,19). The van der Waals surface area contributed by atoms with E-state index in [0.717, 1.165) is 35.4 Å². The summed E-state index contributed by atoms with van der Waals surface area (Å²) in [4.78, 5) is 12.9. The summed E-state index contributed by atoms with van der Waals surface area (Å²) in [6, 6.07) is 0. The van der Waals surface area contributed by atoms with Gasteiger partial charge in [-0.25, -0.2) is 0 Å². The number of aliphatic carboxylic acids is 1. The normalized spacial score (nSPS) is 11.3. The van der Waals surface area contributed by atoms with Crippen molar-refractivity contribution in [3.8, 4) is 0 Å². The number of nitrogens with zero attached hydrogens (tertiary/aromatic N) is 3. The third-order valence-corrected chi connectivity index (χ3v) is 5.04. The molecule has 7 heteroatoms. The molecule has 0 fully saturated rings. The van der Waals surface area contributed by atoms with Crippen molar-refractivity contribution in [1.29, 1.82) is 0 Å². The van der Waals surface area contributed by atoms with Gasteiger partial charge in [0.15, 0.2) is 4.34 Å². The van der Waals surface area contributed by atoms with Crippen LogP contribution in [0.2, 0.25) is 0 Å². The van der Waals surface area contributed by atoms with E-state index in [1.54, 1.807) is 0 Å². The Kier molecular flexibility index (Phi) is 8.03. The zero-order valence-corrected chi connectivity index (χ0v) is 14.8. The highest BCUT2D eigenvalue weighted by molar-refractivity contribution is 8.01. The molecule has 21 heavy (non-hydrogen) atoms. The van der Waals surface area contributed by atoms with E-state index in [9.17, 15) is 4.79 Å². The van der Waals surface area contributed by atoms with Gasteiger partial charge in [0.1, 0.15) is 0 Å². The van der Waals surface area contributed by atoms with Crippen molar-refractivity contribution in [2.45, 2.75) is 44.9 Å². The predicted molar refractivity (Wildman–Crippen MR) is 89.4 cm³/mol. The first-order valence-corrected chi connectivity index (χ1v) is 9.11. The van der Waals surface area contributed by atoms with Gasteiger partial charge in [0.2, 0.25) is 5.13 Å². The number of aromatic nitrogens is 2. The summed E-state index contributed by atoms with van der Waals surface area (Å²) in [5.74, 6) is 0.515. The van der Waals surface area contributed by atoms with E-state index in [2.05, 4.69) is 42.8 Å². The molecular weight excluding hydrogens is 306 g/mol. The number of carboxylic acids is 1. The minimum absolute atomic E-state index is 0.0343. The molecule has 1 N–H and O–H groups in total. The Hall–Kier alpha value is -0.820.